The largest absolute Gasteiger partial charge is 0.493 e. The molecule has 96 valence electrons. The summed E-state index contributed by atoms with van der Waals surface area (Å²) in [4.78, 5) is 0. The predicted octanol–water partition coefficient (Wildman–Crippen LogP) is 2.17. The fourth-order valence-electron chi connectivity index (χ4n) is 1.71. The van der Waals surface area contributed by atoms with E-state index in [1.54, 1.807) is 7.11 Å². The van der Waals surface area contributed by atoms with Crippen LogP contribution in [-0.4, -0.2) is 26.9 Å². The number of hydrogen-bond donors (Lipinski definition) is 1. The summed E-state index contributed by atoms with van der Waals surface area (Å²) in [5.41, 5.74) is 8.11. The highest BCUT2D eigenvalue weighted by molar-refractivity contribution is 5.37. The topological polar surface area (TPSA) is 44.5 Å². The molecule has 1 rings (SSSR count). The highest BCUT2D eigenvalue weighted by atomic mass is 16.5. The van der Waals surface area contributed by atoms with Gasteiger partial charge in [-0.1, -0.05) is 19.1 Å². The molecule has 1 aromatic carbocycles. The molecule has 0 unspecified atom stereocenters. The van der Waals surface area contributed by atoms with Crippen LogP contribution in [0, 0.1) is 0 Å². The monoisotopic (exact) mass is 237 g/mol. The van der Waals surface area contributed by atoms with Crippen molar-refractivity contribution in [3.63, 3.8) is 0 Å². The summed E-state index contributed by atoms with van der Waals surface area (Å²) < 4.78 is 10.8. The first-order valence-corrected chi connectivity index (χ1v) is 6.25. The summed E-state index contributed by atoms with van der Waals surface area (Å²) in [7, 11) is 1.72. The van der Waals surface area contributed by atoms with Crippen LogP contribution in [0.25, 0.3) is 0 Å². The van der Waals surface area contributed by atoms with Crippen molar-refractivity contribution in [3.8, 4) is 5.75 Å². The molecule has 0 amide bonds. The first kappa shape index (κ1) is 14.0. The van der Waals surface area contributed by atoms with Crippen LogP contribution in [0.1, 0.15) is 24.5 Å². The van der Waals surface area contributed by atoms with Gasteiger partial charge in [0, 0.05) is 7.11 Å². The number of methoxy groups -OCH3 is 1. The molecular weight excluding hydrogens is 214 g/mol. The number of rotatable bonds is 8. The van der Waals surface area contributed by atoms with Gasteiger partial charge in [-0.2, -0.15) is 0 Å². The summed E-state index contributed by atoms with van der Waals surface area (Å²) >= 11 is 0. The van der Waals surface area contributed by atoms with Gasteiger partial charge in [0.05, 0.1) is 13.2 Å². The van der Waals surface area contributed by atoms with E-state index < -0.39 is 0 Å². The molecule has 1 aromatic rings. The van der Waals surface area contributed by atoms with Crippen molar-refractivity contribution in [2.75, 3.05) is 26.9 Å². The lowest BCUT2D eigenvalue weighted by Gasteiger charge is -2.12. The minimum Gasteiger partial charge on any atom is -0.493 e. The normalized spacial score (nSPS) is 10.5. The zero-order chi connectivity index (χ0) is 12.5. The lowest BCUT2D eigenvalue weighted by Crippen LogP contribution is -2.07. The molecule has 0 aliphatic heterocycles. The Bertz CT molecular complexity index is 326. The van der Waals surface area contributed by atoms with Gasteiger partial charge in [-0.15, -0.1) is 0 Å². The lowest BCUT2D eigenvalue weighted by molar-refractivity contribution is 0.202. The van der Waals surface area contributed by atoms with Crippen LogP contribution in [0.3, 0.4) is 0 Å². The van der Waals surface area contributed by atoms with E-state index in [9.17, 15) is 0 Å². The molecule has 0 bridgehead atoms. The summed E-state index contributed by atoms with van der Waals surface area (Å²) in [6, 6.07) is 6.33. The highest BCUT2D eigenvalue weighted by Gasteiger charge is 2.04. The van der Waals surface area contributed by atoms with E-state index >= 15 is 0 Å². The van der Waals surface area contributed by atoms with E-state index in [1.165, 1.54) is 11.1 Å². The first-order chi connectivity index (χ1) is 8.31. The molecule has 3 nitrogen and oxygen atoms in total. The van der Waals surface area contributed by atoms with E-state index in [1.807, 2.05) is 6.07 Å². The zero-order valence-corrected chi connectivity index (χ0v) is 10.9. The van der Waals surface area contributed by atoms with Gasteiger partial charge in [0.1, 0.15) is 5.75 Å². The summed E-state index contributed by atoms with van der Waals surface area (Å²) in [5.74, 6) is 0.971. The Morgan fingerprint density at radius 2 is 2.00 bits per heavy atom. The van der Waals surface area contributed by atoms with Crippen LogP contribution >= 0.6 is 0 Å². The maximum absolute atomic E-state index is 5.71. The molecule has 3 heteroatoms. The maximum atomic E-state index is 5.71. The van der Waals surface area contributed by atoms with E-state index in [0.29, 0.717) is 6.54 Å². The van der Waals surface area contributed by atoms with E-state index in [4.69, 9.17) is 15.2 Å². The summed E-state index contributed by atoms with van der Waals surface area (Å²) in [6.07, 6.45) is 2.81. The second-order valence-corrected chi connectivity index (χ2v) is 4.07. The average Bonchev–Trinajstić information content (AvgIpc) is 2.35. The lowest BCUT2D eigenvalue weighted by atomic mass is 10.0. The standard InChI is InChI=1S/C14H23NO2/c1-3-9-17-14-5-4-12(7-10-16-2)11-13(14)6-8-15/h4-5,11H,3,6-10,15H2,1-2H3. The third kappa shape index (κ3) is 4.75. The molecule has 17 heavy (non-hydrogen) atoms. The molecular formula is C14H23NO2. The Morgan fingerprint density at radius 3 is 2.65 bits per heavy atom. The van der Waals surface area contributed by atoms with Gasteiger partial charge < -0.3 is 15.2 Å². The van der Waals surface area contributed by atoms with E-state index in [-0.39, 0.29) is 0 Å². The third-order valence-corrected chi connectivity index (χ3v) is 2.60. The molecule has 0 spiro atoms. The van der Waals surface area contributed by atoms with Crippen molar-refractivity contribution in [2.24, 2.45) is 5.73 Å². The molecule has 2 N–H and O–H groups in total. The van der Waals surface area contributed by atoms with Crippen molar-refractivity contribution in [1.29, 1.82) is 0 Å². The highest BCUT2D eigenvalue weighted by Crippen LogP contribution is 2.21. The van der Waals surface area contributed by atoms with Crippen molar-refractivity contribution in [1.82, 2.24) is 0 Å². The van der Waals surface area contributed by atoms with Crippen LogP contribution in [-0.2, 0) is 17.6 Å². The van der Waals surface area contributed by atoms with Crippen molar-refractivity contribution in [2.45, 2.75) is 26.2 Å². The van der Waals surface area contributed by atoms with Gasteiger partial charge in [0.15, 0.2) is 0 Å². The third-order valence-electron chi connectivity index (χ3n) is 2.60. The van der Waals surface area contributed by atoms with Gasteiger partial charge in [-0.25, -0.2) is 0 Å². The van der Waals surface area contributed by atoms with Crippen LogP contribution in [0.5, 0.6) is 5.75 Å². The Morgan fingerprint density at radius 1 is 1.18 bits per heavy atom. The molecule has 0 saturated heterocycles. The van der Waals surface area contributed by atoms with Gasteiger partial charge in [-0.05, 0) is 43.0 Å². The summed E-state index contributed by atoms with van der Waals surface area (Å²) in [5, 5.41) is 0. The fraction of sp³-hybridized carbons (Fsp3) is 0.571. The molecule has 0 saturated carbocycles. The average molecular weight is 237 g/mol. The number of benzene rings is 1. The van der Waals surface area contributed by atoms with Gasteiger partial charge >= 0.3 is 0 Å². The van der Waals surface area contributed by atoms with E-state index in [0.717, 1.165) is 38.2 Å². The smallest absolute Gasteiger partial charge is 0.122 e. The number of ether oxygens (including phenoxy) is 2. The Labute approximate surface area is 104 Å². The zero-order valence-electron chi connectivity index (χ0n) is 10.9. The Hall–Kier alpha value is -1.06. The Kier molecular flexibility index (Phi) is 6.67. The first-order valence-electron chi connectivity index (χ1n) is 6.25. The Balaban J connectivity index is 2.75. The van der Waals surface area contributed by atoms with Gasteiger partial charge in [0.2, 0.25) is 0 Å². The molecule has 0 fully saturated rings. The van der Waals surface area contributed by atoms with E-state index in [2.05, 4.69) is 19.1 Å². The molecule has 0 radical (unpaired) electrons. The molecule has 0 aromatic heterocycles. The minimum atomic E-state index is 0.649. The quantitative estimate of drug-likeness (QED) is 0.753. The number of hydrogen-bond acceptors (Lipinski definition) is 3. The molecule has 0 atom stereocenters. The van der Waals surface area contributed by atoms with Crippen LogP contribution < -0.4 is 10.5 Å². The second-order valence-electron chi connectivity index (χ2n) is 4.07. The number of nitrogens with two attached hydrogens (primary N) is 1. The summed E-state index contributed by atoms with van der Waals surface area (Å²) in [6.45, 7) is 4.26. The predicted molar refractivity (Wildman–Crippen MR) is 70.6 cm³/mol. The minimum absolute atomic E-state index is 0.649. The van der Waals surface area contributed by atoms with Crippen molar-refractivity contribution in [3.05, 3.63) is 29.3 Å². The van der Waals surface area contributed by atoms with Crippen molar-refractivity contribution >= 4 is 0 Å². The molecule has 0 aliphatic carbocycles. The SMILES string of the molecule is CCCOc1ccc(CCOC)cc1CCN. The van der Waals surface area contributed by atoms with Crippen LogP contribution in [0.2, 0.25) is 0 Å². The van der Waals surface area contributed by atoms with Gasteiger partial charge in [-0.3, -0.25) is 0 Å². The molecule has 0 aliphatic rings. The maximum Gasteiger partial charge on any atom is 0.122 e. The second kappa shape index (κ2) is 8.09. The van der Waals surface area contributed by atoms with Gasteiger partial charge in [0.25, 0.3) is 0 Å². The van der Waals surface area contributed by atoms with Crippen molar-refractivity contribution < 1.29 is 9.47 Å². The fourth-order valence-corrected chi connectivity index (χ4v) is 1.71. The van der Waals surface area contributed by atoms with Crippen LogP contribution in [0.4, 0.5) is 0 Å². The molecule has 0 heterocycles. The van der Waals surface area contributed by atoms with Crippen LogP contribution in [0.15, 0.2) is 18.2 Å².